The lowest BCUT2D eigenvalue weighted by Gasteiger charge is -2.39. The number of hydrogen-bond donors (Lipinski definition) is 3. The van der Waals surface area contributed by atoms with E-state index in [0.717, 1.165) is 85.8 Å². The molecule has 45 heavy (non-hydrogen) atoms. The molecular formula is C36H44FN3O5. The van der Waals surface area contributed by atoms with Gasteiger partial charge in [-0.2, -0.15) is 0 Å². The molecule has 6 rings (SSSR count). The minimum absolute atomic E-state index is 0.203. The molecule has 1 fully saturated rings. The molecule has 1 unspecified atom stereocenters. The van der Waals surface area contributed by atoms with E-state index in [1.165, 1.54) is 12.0 Å². The monoisotopic (exact) mass is 617 g/mol. The normalized spacial score (nSPS) is 18.7. The molecule has 9 heteroatoms. The van der Waals surface area contributed by atoms with Gasteiger partial charge in [-0.05, 0) is 92.8 Å². The second-order valence-electron chi connectivity index (χ2n) is 12.1. The number of fused-ring (bicyclic) bond motifs is 2. The summed E-state index contributed by atoms with van der Waals surface area (Å²) in [7, 11) is 0. The van der Waals surface area contributed by atoms with Gasteiger partial charge in [0, 0.05) is 42.2 Å². The first-order chi connectivity index (χ1) is 22.1. The van der Waals surface area contributed by atoms with E-state index in [0.29, 0.717) is 25.0 Å². The van der Waals surface area contributed by atoms with Crippen LogP contribution in [0.5, 0.6) is 23.0 Å². The zero-order valence-electron chi connectivity index (χ0n) is 25.8. The van der Waals surface area contributed by atoms with Crippen molar-refractivity contribution in [3.8, 4) is 23.0 Å². The molecule has 3 N–H and O–H groups in total. The van der Waals surface area contributed by atoms with Gasteiger partial charge in [0.1, 0.15) is 30.0 Å². The molecular weight excluding hydrogens is 573 g/mol. The number of halogens is 1. The minimum atomic E-state index is -0.556. The van der Waals surface area contributed by atoms with Gasteiger partial charge in [0.25, 0.3) is 0 Å². The van der Waals surface area contributed by atoms with Gasteiger partial charge in [-0.3, -0.25) is 0 Å². The van der Waals surface area contributed by atoms with Gasteiger partial charge in [0.15, 0.2) is 11.5 Å². The molecule has 0 saturated carbocycles. The van der Waals surface area contributed by atoms with E-state index in [2.05, 4.69) is 15.2 Å². The van der Waals surface area contributed by atoms with Gasteiger partial charge in [-0.1, -0.05) is 31.0 Å². The third-order valence-corrected chi connectivity index (χ3v) is 8.87. The van der Waals surface area contributed by atoms with Crippen LogP contribution in [0.1, 0.15) is 43.6 Å². The number of aromatic amines is 1. The summed E-state index contributed by atoms with van der Waals surface area (Å²) in [5, 5.41) is 14.7. The molecule has 240 valence electrons. The molecule has 0 amide bonds. The first kappa shape index (κ1) is 31.2. The largest absolute Gasteiger partial charge is 0.493 e. The predicted octanol–water partition coefficient (Wildman–Crippen LogP) is 6.11. The molecule has 1 aromatic heterocycles. The molecule has 0 spiro atoms. The van der Waals surface area contributed by atoms with E-state index in [9.17, 15) is 9.50 Å². The van der Waals surface area contributed by atoms with E-state index in [1.54, 1.807) is 12.1 Å². The Bertz CT molecular complexity index is 1500. The van der Waals surface area contributed by atoms with Crippen molar-refractivity contribution in [2.75, 3.05) is 52.7 Å². The number of ether oxygens (including phenoxy) is 4. The van der Waals surface area contributed by atoms with Crippen molar-refractivity contribution < 1.29 is 28.4 Å². The number of benzene rings is 3. The maximum Gasteiger partial charge on any atom is 0.231 e. The van der Waals surface area contributed by atoms with Gasteiger partial charge in [-0.25, -0.2) is 4.39 Å². The number of aromatic nitrogens is 1. The highest BCUT2D eigenvalue weighted by atomic mass is 19.1. The number of aliphatic hydroxyl groups excluding tert-OH is 1. The number of piperidine rings is 1. The lowest BCUT2D eigenvalue weighted by molar-refractivity contribution is 0.107. The zero-order chi connectivity index (χ0) is 30.8. The standard InChI is InChI=1S/C36H44FN3O5/c37-28-10-8-26(9-11-28)31-15-19-40(22-27(31)23-42-30-12-13-35-36(20-30)45-25-44-35)18-4-2-1-3-16-38-21-29(41)24-43-34-7-5-6-33-32(34)14-17-39-33/h5-14,17,20,27,29,31,38-39,41H,1-4,15-16,18-19,21-25H2/t27-,29?,31-/m1/s1. The fraction of sp³-hybridized carbons (Fsp3) is 0.444. The molecule has 2 aliphatic heterocycles. The van der Waals surface area contributed by atoms with Crippen LogP contribution in [0.2, 0.25) is 0 Å². The van der Waals surface area contributed by atoms with Crippen molar-refractivity contribution in [2.45, 2.75) is 44.1 Å². The number of unbranched alkanes of at least 4 members (excludes halogenated alkanes) is 3. The maximum absolute atomic E-state index is 13.6. The number of H-pyrrole nitrogens is 1. The number of nitrogens with one attached hydrogen (secondary N) is 2. The molecule has 0 bridgehead atoms. The Balaban J connectivity index is 0.885. The highest BCUT2D eigenvalue weighted by Gasteiger charge is 2.31. The molecule has 0 aliphatic carbocycles. The van der Waals surface area contributed by atoms with Crippen molar-refractivity contribution in [3.05, 3.63) is 84.3 Å². The van der Waals surface area contributed by atoms with E-state index in [4.69, 9.17) is 18.9 Å². The van der Waals surface area contributed by atoms with E-state index < -0.39 is 6.10 Å². The van der Waals surface area contributed by atoms with Crippen LogP contribution in [0.4, 0.5) is 4.39 Å². The average Bonchev–Trinajstić information content (AvgIpc) is 3.74. The van der Waals surface area contributed by atoms with Crippen LogP contribution in [-0.4, -0.2) is 73.8 Å². The lowest BCUT2D eigenvalue weighted by Crippen LogP contribution is -2.42. The average molecular weight is 618 g/mol. The fourth-order valence-electron chi connectivity index (χ4n) is 6.43. The number of nitrogens with zero attached hydrogens (tertiary/aromatic N) is 1. The van der Waals surface area contributed by atoms with Crippen LogP contribution in [0.25, 0.3) is 10.9 Å². The first-order valence-corrected chi connectivity index (χ1v) is 16.2. The highest BCUT2D eigenvalue weighted by Crippen LogP contribution is 2.37. The van der Waals surface area contributed by atoms with Crippen LogP contribution < -0.4 is 24.3 Å². The van der Waals surface area contributed by atoms with Gasteiger partial charge in [0.2, 0.25) is 6.79 Å². The summed E-state index contributed by atoms with van der Waals surface area (Å²) >= 11 is 0. The Hall–Kier alpha value is -3.79. The lowest BCUT2D eigenvalue weighted by atomic mass is 9.80. The number of hydrogen-bond acceptors (Lipinski definition) is 7. The quantitative estimate of drug-likeness (QED) is 0.131. The first-order valence-electron chi connectivity index (χ1n) is 16.2. The summed E-state index contributed by atoms with van der Waals surface area (Å²) in [5.41, 5.74) is 2.21. The van der Waals surface area contributed by atoms with Crippen molar-refractivity contribution in [1.29, 1.82) is 0 Å². The van der Waals surface area contributed by atoms with Crippen LogP contribution in [0.15, 0.2) is 72.9 Å². The molecule has 4 aromatic rings. The molecule has 0 radical (unpaired) electrons. The number of rotatable bonds is 16. The molecule has 3 atom stereocenters. The Labute approximate surface area is 264 Å². The molecule has 1 saturated heterocycles. The Morgan fingerprint density at radius 2 is 1.84 bits per heavy atom. The summed E-state index contributed by atoms with van der Waals surface area (Å²) in [5.74, 6) is 3.44. The van der Waals surface area contributed by atoms with Crippen LogP contribution >= 0.6 is 0 Å². The highest BCUT2D eigenvalue weighted by molar-refractivity contribution is 5.85. The smallest absolute Gasteiger partial charge is 0.231 e. The summed E-state index contributed by atoms with van der Waals surface area (Å²) in [4.78, 5) is 5.73. The fourth-order valence-corrected chi connectivity index (χ4v) is 6.43. The Kier molecular flexibility index (Phi) is 10.7. The van der Waals surface area contributed by atoms with E-state index >= 15 is 0 Å². The van der Waals surface area contributed by atoms with Gasteiger partial charge < -0.3 is 39.3 Å². The van der Waals surface area contributed by atoms with Crippen molar-refractivity contribution in [1.82, 2.24) is 15.2 Å². The van der Waals surface area contributed by atoms with Crippen molar-refractivity contribution >= 4 is 10.9 Å². The third kappa shape index (κ3) is 8.48. The summed E-state index contributed by atoms with van der Waals surface area (Å²) < 4.78 is 36.7. The second-order valence-corrected chi connectivity index (χ2v) is 12.1. The summed E-state index contributed by atoms with van der Waals surface area (Å²) in [6.45, 7) is 5.53. The Morgan fingerprint density at radius 3 is 2.76 bits per heavy atom. The van der Waals surface area contributed by atoms with E-state index in [1.807, 2.05) is 60.8 Å². The van der Waals surface area contributed by atoms with Crippen LogP contribution in [0.3, 0.4) is 0 Å². The van der Waals surface area contributed by atoms with E-state index in [-0.39, 0.29) is 19.2 Å². The van der Waals surface area contributed by atoms with Crippen molar-refractivity contribution in [2.24, 2.45) is 5.92 Å². The molecule has 8 nitrogen and oxygen atoms in total. The van der Waals surface area contributed by atoms with Crippen molar-refractivity contribution in [3.63, 3.8) is 0 Å². The minimum Gasteiger partial charge on any atom is -0.493 e. The summed E-state index contributed by atoms with van der Waals surface area (Å²) in [6, 6.07) is 20.6. The van der Waals surface area contributed by atoms with Gasteiger partial charge in [-0.15, -0.1) is 0 Å². The molecule has 3 aromatic carbocycles. The van der Waals surface area contributed by atoms with Crippen LogP contribution in [0, 0.1) is 11.7 Å². The molecule has 2 aliphatic rings. The second kappa shape index (κ2) is 15.5. The number of likely N-dealkylation sites (tertiary alicyclic amines) is 1. The Morgan fingerprint density at radius 1 is 0.978 bits per heavy atom. The summed E-state index contributed by atoms with van der Waals surface area (Å²) in [6.07, 6.45) is 6.91. The van der Waals surface area contributed by atoms with Crippen LogP contribution in [-0.2, 0) is 0 Å². The number of aliphatic hydroxyl groups is 1. The SMILES string of the molecule is OC(CNCCCCCCN1CC[C@H](c2ccc(F)cc2)[C@@H](COc2ccc3c(c2)OCO3)C1)COc1cccc2[nH]ccc12. The topological polar surface area (TPSA) is 88.2 Å². The maximum atomic E-state index is 13.6. The van der Waals surface area contributed by atoms with Gasteiger partial charge in [0.05, 0.1) is 6.61 Å². The zero-order valence-corrected chi connectivity index (χ0v) is 25.8. The molecule has 3 heterocycles. The van der Waals surface area contributed by atoms with Gasteiger partial charge >= 0.3 is 0 Å². The predicted molar refractivity (Wildman–Crippen MR) is 173 cm³/mol. The third-order valence-electron chi connectivity index (χ3n) is 8.87.